The van der Waals surface area contributed by atoms with E-state index in [0.29, 0.717) is 27.8 Å². The molecule has 0 spiro atoms. The fourth-order valence-electron chi connectivity index (χ4n) is 9.60. The molecule has 0 aliphatic heterocycles. The van der Waals surface area contributed by atoms with Gasteiger partial charge in [-0.15, -0.1) is 0 Å². The van der Waals surface area contributed by atoms with Crippen molar-refractivity contribution in [2.75, 3.05) is 0 Å². The number of rotatable bonds is 22. The van der Waals surface area contributed by atoms with E-state index in [1.54, 1.807) is 221 Å². The second kappa shape index (κ2) is 26.8. The first kappa shape index (κ1) is 61.0. The summed E-state index contributed by atoms with van der Waals surface area (Å²) in [7, 11) is 0. The Morgan fingerprint density at radius 2 is 0.866 bits per heavy atom. The fourth-order valence-corrected chi connectivity index (χ4v) is 9.60. The van der Waals surface area contributed by atoms with Crippen LogP contribution in [0.2, 0.25) is 0 Å². The summed E-state index contributed by atoms with van der Waals surface area (Å²) in [6.45, 7) is 19.3. The van der Waals surface area contributed by atoms with Gasteiger partial charge in [0.25, 0.3) is 0 Å². The van der Waals surface area contributed by atoms with Gasteiger partial charge in [0.05, 0.1) is 39.3 Å². The van der Waals surface area contributed by atoms with Gasteiger partial charge in [-0.25, -0.2) is 19.2 Å². The number of furan rings is 1. The van der Waals surface area contributed by atoms with Crippen molar-refractivity contribution in [1.82, 2.24) is 0 Å². The standard InChI is InChI=1S/C69H74O13/c1-44(47(4)77-61(70)49-29-17-12-18-30-49)59(80-63(72)51-33-21-14-22-34-51)54-39-27-40-56(69(53-37-25-16-26-38-53,82-66(75)68(9,10)11)46(3)48(5)78-65(74)67(6,7)8)55(54)43-58(79-62(71)50-31-19-13-20-32-50)45(2)60(57-41-28-42-76-57)81-64(73)52-35-23-15-24-36-52/h12-42,44-48,58-60H,43H2,1-11H3. The second-order valence-corrected chi connectivity index (χ2v) is 22.9. The highest BCUT2D eigenvalue weighted by Gasteiger charge is 2.51. The Morgan fingerprint density at radius 1 is 0.427 bits per heavy atom. The van der Waals surface area contributed by atoms with Crippen molar-refractivity contribution in [3.8, 4) is 0 Å². The smallest absolute Gasteiger partial charge is 0.338 e. The zero-order chi connectivity index (χ0) is 59.4. The van der Waals surface area contributed by atoms with Crippen molar-refractivity contribution < 1.29 is 61.6 Å². The molecular formula is C69H74O13. The van der Waals surface area contributed by atoms with Gasteiger partial charge in [0.15, 0.2) is 11.7 Å². The lowest BCUT2D eigenvalue weighted by Gasteiger charge is -2.45. The van der Waals surface area contributed by atoms with Crippen LogP contribution in [0, 0.1) is 28.6 Å². The number of hydrogen-bond donors (Lipinski definition) is 0. The molecule has 13 heteroatoms. The van der Waals surface area contributed by atoms with Gasteiger partial charge in [-0.3, -0.25) is 9.59 Å². The molecule has 13 nitrogen and oxygen atoms in total. The number of benzene rings is 6. The molecule has 0 bridgehead atoms. The lowest BCUT2D eigenvalue weighted by molar-refractivity contribution is -0.181. The highest BCUT2D eigenvalue weighted by molar-refractivity contribution is 5.91. The van der Waals surface area contributed by atoms with Crippen LogP contribution in [0.25, 0.3) is 0 Å². The SMILES string of the molecule is CC(OC(=O)c1ccccc1)C(C)C(OC(=O)c1ccccc1)c1cccc(C(OC(=O)C(C)(C)C)(c2ccccc2)C(C)C(C)OC(=O)C(C)(C)C)c1CC(OC(=O)c1ccccc1)C(C)C(OC(=O)c1ccccc1)c1ccco1. The lowest BCUT2D eigenvalue weighted by Crippen LogP contribution is -2.48. The van der Waals surface area contributed by atoms with Crippen LogP contribution in [0.4, 0.5) is 0 Å². The Labute approximate surface area is 481 Å². The maximum atomic E-state index is 15.1. The van der Waals surface area contributed by atoms with Crippen LogP contribution in [0.3, 0.4) is 0 Å². The predicted molar refractivity (Wildman–Crippen MR) is 310 cm³/mol. The van der Waals surface area contributed by atoms with Crippen LogP contribution in [-0.2, 0) is 50.0 Å². The molecule has 9 atom stereocenters. The van der Waals surface area contributed by atoms with E-state index < -0.39 is 101 Å². The first-order valence-corrected chi connectivity index (χ1v) is 27.7. The summed E-state index contributed by atoms with van der Waals surface area (Å²) in [4.78, 5) is 86.7. The Kier molecular flexibility index (Phi) is 19.9. The average molecular weight is 1110 g/mol. The summed E-state index contributed by atoms with van der Waals surface area (Å²) >= 11 is 0. The summed E-state index contributed by atoms with van der Waals surface area (Å²) in [6.07, 6.45) is -4.38. The first-order valence-electron chi connectivity index (χ1n) is 27.7. The average Bonchev–Trinajstić information content (AvgIpc) is 2.46. The molecule has 0 amide bonds. The van der Waals surface area contributed by atoms with Crippen molar-refractivity contribution in [2.45, 2.75) is 119 Å². The first-order chi connectivity index (χ1) is 39.0. The molecule has 9 unspecified atom stereocenters. The Hall–Kier alpha value is -8.58. The molecule has 1 heterocycles. The van der Waals surface area contributed by atoms with Gasteiger partial charge in [0.2, 0.25) is 0 Å². The maximum absolute atomic E-state index is 15.1. The third-order valence-corrected chi connectivity index (χ3v) is 14.8. The third kappa shape index (κ3) is 14.7. The summed E-state index contributed by atoms with van der Waals surface area (Å²) in [5, 5.41) is 0. The van der Waals surface area contributed by atoms with Crippen molar-refractivity contribution >= 4 is 35.8 Å². The molecule has 0 saturated carbocycles. The molecule has 0 fully saturated rings. The Balaban J connectivity index is 1.56. The molecule has 82 heavy (non-hydrogen) atoms. The maximum Gasteiger partial charge on any atom is 0.338 e. The summed E-state index contributed by atoms with van der Waals surface area (Å²) in [5.41, 5.74) is -1.30. The lowest BCUT2D eigenvalue weighted by atomic mass is 9.70. The highest BCUT2D eigenvalue weighted by Crippen LogP contribution is 2.49. The van der Waals surface area contributed by atoms with Crippen LogP contribution in [0.1, 0.15) is 158 Å². The molecule has 1 aromatic heterocycles. The van der Waals surface area contributed by atoms with E-state index in [1.165, 1.54) is 6.26 Å². The normalized spacial score (nSPS) is 15.3. The van der Waals surface area contributed by atoms with Gasteiger partial charge in [-0.2, -0.15) is 0 Å². The predicted octanol–water partition coefficient (Wildman–Crippen LogP) is 14.5. The van der Waals surface area contributed by atoms with Gasteiger partial charge in [-0.1, -0.05) is 142 Å². The highest BCUT2D eigenvalue weighted by atomic mass is 16.6. The fraction of sp³-hybridized carbons (Fsp3) is 0.333. The minimum absolute atomic E-state index is 0.224. The van der Waals surface area contributed by atoms with E-state index in [9.17, 15) is 24.0 Å². The largest absolute Gasteiger partial charge is 0.465 e. The van der Waals surface area contributed by atoms with Gasteiger partial charge in [0, 0.05) is 35.3 Å². The molecular weight excluding hydrogens is 1040 g/mol. The molecule has 0 aliphatic rings. The van der Waals surface area contributed by atoms with Gasteiger partial charge in [0.1, 0.15) is 30.2 Å². The van der Waals surface area contributed by atoms with Gasteiger partial charge >= 0.3 is 35.8 Å². The third-order valence-electron chi connectivity index (χ3n) is 14.8. The van der Waals surface area contributed by atoms with E-state index in [1.807, 2.05) is 37.3 Å². The number of ether oxygens (including phenoxy) is 6. The van der Waals surface area contributed by atoms with Gasteiger partial charge < -0.3 is 32.8 Å². The minimum Gasteiger partial charge on any atom is -0.465 e. The zero-order valence-electron chi connectivity index (χ0n) is 48.5. The van der Waals surface area contributed by atoms with E-state index in [-0.39, 0.29) is 28.9 Å². The van der Waals surface area contributed by atoms with Crippen LogP contribution >= 0.6 is 0 Å². The van der Waals surface area contributed by atoms with Gasteiger partial charge in [-0.05, 0) is 127 Å². The molecule has 0 aliphatic carbocycles. The zero-order valence-corrected chi connectivity index (χ0v) is 48.5. The number of hydrogen-bond acceptors (Lipinski definition) is 13. The van der Waals surface area contributed by atoms with Crippen LogP contribution in [0.15, 0.2) is 193 Å². The molecule has 428 valence electrons. The molecule has 0 N–H and O–H groups in total. The topological polar surface area (TPSA) is 171 Å². The molecule has 7 aromatic rings. The van der Waals surface area contributed by atoms with Crippen molar-refractivity contribution in [2.24, 2.45) is 28.6 Å². The van der Waals surface area contributed by atoms with E-state index >= 15 is 4.79 Å². The number of esters is 6. The van der Waals surface area contributed by atoms with Crippen molar-refractivity contribution in [3.63, 3.8) is 0 Å². The van der Waals surface area contributed by atoms with Crippen molar-refractivity contribution in [1.29, 1.82) is 0 Å². The summed E-state index contributed by atoms with van der Waals surface area (Å²) in [5.74, 6) is -6.22. The Bertz CT molecular complexity index is 3240. The monoisotopic (exact) mass is 1110 g/mol. The number of carbonyl (C=O) groups excluding carboxylic acids is 6. The van der Waals surface area contributed by atoms with Crippen LogP contribution in [0.5, 0.6) is 0 Å². The van der Waals surface area contributed by atoms with E-state index in [4.69, 9.17) is 32.8 Å². The molecule has 7 rings (SSSR count). The van der Waals surface area contributed by atoms with Crippen molar-refractivity contribution in [3.05, 3.63) is 239 Å². The van der Waals surface area contributed by atoms with Crippen LogP contribution < -0.4 is 0 Å². The molecule has 0 saturated heterocycles. The second-order valence-electron chi connectivity index (χ2n) is 22.9. The van der Waals surface area contributed by atoms with E-state index in [0.717, 1.165) is 0 Å². The van der Waals surface area contributed by atoms with Crippen LogP contribution in [-0.4, -0.2) is 54.1 Å². The minimum atomic E-state index is -1.87. The summed E-state index contributed by atoms with van der Waals surface area (Å²) in [6, 6.07) is 51.7. The molecule has 0 radical (unpaired) electrons. The quantitative estimate of drug-likeness (QED) is 0.0464. The Morgan fingerprint density at radius 3 is 1.32 bits per heavy atom. The summed E-state index contributed by atoms with van der Waals surface area (Å²) < 4.78 is 45.6. The molecule has 6 aromatic carbocycles. The van der Waals surface area contributed by atoms with E-state index in [2.05, 4.69) is 0 Å². The number of carbonyl (C=O) groups is 6.